The van der Waals surface area contributed by atoms with Gasteiger partial charge >= 0.3 is 0 Å². The van der Waals surface area contributed by atoms with E-state index in [1.54, 1.807) is 0 Å². The molecular formula is C10H17IO. The first-order chi connectivity index (χ1) is 5.41. The average Bonchev–Trinajstić information content (AvgIpc) is 1.83. The second-order valence-electron chi connectivity index (χ2n) is 4.47. The van der Waals surface area contributed by atoms with E-state index in [0.29, 0.717) is 17.6 Å². The zero-order valence-corrected chi connectivity index (χ0v) is 10.2. The smallest absolute Gasteiger partial charge is 0.137 e. The maximum atomic E-state index is 11.6. The highest BCUT2D eigenvalue weighted by atomic mass is 127. The Bertz CT molecular complexity index is 181. The van der Waals surface area contributed by atoms with Crippen LogP contribution < -0.4 is 0 Å². The van der Waals surface area contributed by atoms with E-state index in [-0.39, 0.29) is 3.42 Å². The molecule has 0 saturated heterocycles. The van der Waals surface area contributed by atoms with Gasteiger partial charge < -0.3 is 0 Å². The summed E-state index contributed by atoms with van der Waals surface area (Å²) < 4.78 is 0.148. The molecule has 0 bridgehead atoms. The van der Waals surface area contributed by atoms with Crippen molar-refractivity contribution in [2.75, 3.05) is 0 Å². The predicted molar refractivity (Wildman–Crippen MR) is 59.6 cm³/mol. The Morgan fingerprint density at radius 3 is 2.42 bits per heavy atom. The first-order valence-electron chi connectivity index (χ1n) is 4.63. The van der Waals surface area contributed by atoms with E-state index in [4.69, 9.17) is 0 Å². The Kier molecular flexibility index (Phi) is 3.18. The number of rotatable bonds is 1. The fraction of sp³-hybridized carbons (Fsp3) is 0.900. The molecule has 1 nitrogen and oxygen atoms in total. The van der Waals surface area contributed by atoms with Gasteiger partial charge in [0.15, 0.2) is 0 Å². The van der Waals surface area contributed by atoms with Crippen LogP contribution in [0, 0.1) is 11.8 Å². The van der Waals surface area contributed by atoms with Gasteiger partial charge in [-0.3, -0.25) is 4.79 Å². The first kappa shape index (κ1) is 10.5. The van der Waals surface area contributed by atoms with Gasteiger partial charge in [-0.05, 0) is 18.8 Å². The second-order valence-corrected chi connectivity index (χ2v) is 7.25. The van der Waals surface area contributed by atoms with Crippen LogP contribution in [0.3, 0.4) is 0 Å². The van der Waals surface area contributed by atoms with Crippen molar-refractivity contribution in [3.63, 3.8) is 0 Å². The van der Waals surface area contributed by atoms with Gasteiger partial charge in [-0.15, -0.1) is 0 Å². The first-order valence-corrected chi connectivity index (χ1v) is 5.70. The number of hydrogen-bond donors (Lipinski definition) is 0. The molecule has 0 aromatic rings. The molecule has 1 rings (SSSR count). The van der Waals surface area contributed by atoms with Gasteiger partial charge in [-0.25, -0.2) is 0 Å². The third kappa shape index (κ3) is 2.44. The normalized spacial score (nSPS) is 32.2. The number of carbonyl (C=O) groups is 1. The minimum absolute atomic E-state index is 0.148. The average molecular weight is 280 g/mol. The van der Waals surface area contributed by atoms with Crippen LogP contribution in [0.5, 0.6) is 0 Å². The van der Waals surface area contributed by atoms with Crippen LogP contribution in [0.25, 0.3) is 0 Å². The minimum Gasteiger partial charge on any atom is -0.299 e. The van der Waals surface area contributed by atoms with Gasteiger partial charge in [-0.1, -0.05) is 43.4 Å². The number of halogens is 1. The molecule has 0 spiro atoms. The SMILES string of the molecule is C[C@@H]1CC[C@@H](C(C)(C)I)C(=O)C1. The van der Waals surface area contributed by atoms with Crippen molar-refractivity contribution in [1.29, 1.82) is 0 Å². The lowest BCUT2D eigenvalue weighted by Crippen LogP contribution is -2.35. The number of alkyl halides is 1. The van der Waals surface area contributed by atoms with E-state index >= 15 is 0 Å². The predicted octanol–water partition coefficient (Wildman–Crippen LogP) is 3.21. The summed E-state index contributed by atoms with van der Waals surface area (Å²) >= 11 is 2.40. The van der Waals surface area contributed by atoms with E-state index in [9.17, 15) is 4.79 Å². The summed E-state index contributed by atoms with van der Waals surface area (Å²) in [5.41, 5.74) is 0. The van der Waals surface area contributed by atoms with Crippen LogP contribution in [-0.2, 0) is 4.79 Å². The summed E-state index contributed by atoms with van der Waals surface area (Å²) in [7, 11) is 0. The molecule has 70 valence electrons. The van der Waals surface area contributed by atoms with E-state index in [0.717, 1.165) is 12.8 Å². The minimum atomic E-state index is 0.148. The molecule has 0 unspecified atom stereocenters. The monoisotopic (exact) mass is 280 g/mol. The molecule has 12 heavy (non-hydrogen) atoms. The molecule has 1 aliphatic carbocycles. The van der Waals surface area contributed by atoms with Crippen molar-refractivity contribution in [3.8, 4) is 0 Å². The number of hydrogen-bond acceptors (Lipinski definition) is 1. The molecule has 0 N–H and O–H groups in total. The van der Waals surface area contributed by atoms with Crippen molar-refractivity contribution >= 4 is 28.4 Å². The van der Waals surface area contributed by atoms with Crippen LogP contribution in [-0.4, -0.2) is 9.20 Å². The van der Waals surface area contributed by atoms with Crippen molar-refractivity contribution in [2.45, 2.75) is 43.5 Å². The molecule has 0 aliphatic heterocycles. The van der Waals surface area contributed by atoms with Crippen LogP contribution in [0.15, 0.2) is 0 Å². The molecule has 0 heterocycles. The highest BCUT2D eigenvalue weighted by Crippen LogP contribution is 2.37. The molecular weight excluding hydrogens is 263 g/mol. The number of Topliss-reactive ketones (excluding diaryl/α,β-unsaturated/α-hetero) is 1. The topological polar surface area (TPSA) is 17.1 Å². The lowest BCUT2D eigenvalue weighted by atomic mass is 9.76. The molecule has 0 amide bonds. The van der Waals surface area contributed by atoms with E-state index in [2.05, 4.69) is 43.4 Å². The van der Waals surface area contributed by atoms with Gasteiger partial charge in [0.1, 0.15) is 5.78 Å². The molecule has 2 atom stereocenters. The van der Waals surface area contributed by atoms with E-state index < -0.39 is 0 Å². The van der Waals surface area contributed by atoms with Crippen molar-refractivity contribution < 1.29 is 4.79 Å². The van der Waals surface area contributed by atoms with Gasteiger partial charge in [0.05, 0.1) is 0 Å². The molecule has 0 radical (unpaired) electrons. The van der Waals surface area contributed by atoms with Crippen LogP contribution in [0.1, 0.15) is 40.0 Å². The Balaban J connectivity index is 2.63. The van der Waals surface area contributed by atoms with Crippen LogP contribution >= 0.6 is 22.6 Å². The third-order valence-corrected chi connectivity index (χ3v) is 3.47. The lowest BCUT2D eigenvalue weighted by molar-refractivity contribution is -0.126. The second kappa shape index (κ2) is 3.64. The van der Waals surface area contributed by atoms with Gasteiger partial charge in [0, 0.05) is 15.8 Å². The summed E-state index contributed by atoms with van der Waals surface area (Å²) in [4.78, 5) is 11.6. The fourth-order valence-corrected chi connectivity index (χ4v) is 2.58. The largest absolute Gasteiger partial charge is 0.299 e. The zero-order chi connectivity index (χ0) is 9.35. The summed E-state index contributed by atoms with van der Waals surface area (Å²) in [5, 5.41) is 0. The molecule has 0 aromatic carbocycles. The zero-order valence-electron chi connectivity index (χ0n) is 8.06. The summed E-state index contributed by atoms with van der Waals surface area (Å²) in [6.45, 7) is 6.49. The molecule has 0 aromatic heterocycles. The quantitative estimate of drug-likeness (QED) is 0.532. The van der Waals surface area contributed by atoms with Crippen molar-refractivity contribution in [3.05, 3.63) is 0 Å². The van der Waals surface area contributed by atoms with Gasteiger partial charge in [-0.2, -0.15) is 0 Å². The Labute approximate surface area is 88.4 Å². The Hall–Kier alpha value is 0.400. The maximum Gasteiger partial charge on any atom is 0.137 e. The third-order valence-electron chi connectivity index (χ3n) is 2.72. The molecule has 1 aliphatic rings. The van der Waals surface area contributed by atoms with E-state index in [1.165, 1.54) is 6.42 Å². The maximum absolute atomic E-state index is 11.6. The fourth-order valence-electron chi connectivity index (χ4n) is 1.93. The summed E-state index contributed by atoms with van der Waals surface area (Å²) in [5.74, 6) is 1.40. The summed E-state index contributed by atoms with van der Waals surface area (Å²) in [6.07, 6.45) is 3.12. The Morgan fingerprint density at radius 1 is 1.42 bits per heavy atom. The Morgan fingerprint density at radius 2 is 2.00 bits per heavy atom. The molecule has 2 heteroatoms. The van der Waals surface area contributed by atoms with E-state index in [1.807, 2.05) is 0 Å². The van der Waals surface area contributed by atoms with Gasteiger partial charge in [0.2, 0.25) is 0 Å². The molecule has 1 fully saturated rings. The van der Waals surface area contributed by atoms with Crippen molar-refractivity contribution in [1.82, 2.24) is 0 Å². The van der Waals surface area contributed by atoms with Crippen molar-refractivity contribution in [2.24, 2.45) is 11.8 Å². The van der Waals surface area contributed by atoms with Crippen LogP contribution in [0.4, 0.5) is 0 Å². The van der Waals surface area contributed by atoms with Gasteiger partial charge in [0.25, 0.3) is 0 Å². The standard InChI is InChI=1S/C10H17IO/c1-7-4-5-8(9(12)6-7)10(2,3)11/h7-8H,4-6H2,1-3H3/t7-,8-/m1/s1. The number of ketones is 1. The highest BCUT2D eigenvalue weighted by molar-refractivity contribution is 14.1. The molecule has 1 saturated carbocycles. The number of carbonyl (C=O) groups excluding carboxylic acids is 1. The summed E-state index contributed by atoms with van der Waals surface area (Å²) in [6, 6.07) is 0. The highest BCUT2D eigenvalue weighted by Gasteiger charge is 2.35. The lowest BCUT2D eigenvalue weighted by Gasteiger charge is -2.33. The van der Waals surface area contributed by atoms with Crippen LogP contribution in [0.2, 0.25) is 0 Å².